The summed E-state index contributed by atoms with van der Waals surface area (Å²) in [5.74, 6) is 0. The maximum atomic E-state index is 10.2. The Morgan fingerprint density at radius 2 is 0.917 bits per heavy atom. The van der Waals surface area contributed by atoms with Crippen molar-refractivity contribution in [3.05, 3.63) is 0 Å². The zero-order valence-corrected chi connectivity index (χ0v) is 16.9. The molecule has 0 aromatic rings. The van der Waals surface area contributed by atoms with Gasteiger partial charge in [-0.05, 0) is 6.42 Å². The Morgan fingerprint density at radius 3 is 1.21 bits per heavy atom. The van der Waals surface area contributed by atoms with Gasteiger partial charge in [0.1, 0.15) is 0 Å². The van der Waals surface area contributed by atoms with Crippen LogP contribution in [0, 0.1) is 0 Å². The van der Waals surface area contributed by atoms with Crippen LogP contribution in [0.5, 0.6) is 0 Å². The van der Waals surface area contributed by atoms with Crippen molar-refractivity contribution in [3.63, 3.8) is 0 Å². The van der Waals surface area contributed by atoms with Gasteiger partial charge in [-0.1, -0.05) is 103 Å². The van der Waals surface area contributed by atoms with Gasteiger partial charge in [-0.15, -0.1) is 0 Å². The van der Waals surface area contributed by atoms with E-state index in [1.807, 2.05) is 0 Å². The summed E-state index contributed by atoms with van der Waals surface area (Å²) in [6, 6.07) is 0. The van der Waals surface area contributed by atoms with Crippen molar-refractivity contribution in [2.75, 3.05) is 6.61 Å². The molecule has 148 valence electrons. The first kappa shape index (κ1) is 26.1. The van der Waals surface area contributed by atoms with E-state index in [4.69, 9.17) is 0 Å². The van der Waals surface area contributed by atoms with Crippen LogP contribution < -0.4 is 6.15 Å². The Labute approximate surface area is 150 Å². The normalized spacial score (nSPS) is 11.4. The molecule has 0 aromatic heterocycles. The lowest BCUT2D eigenvalue weighted by molar-refractivity contribution is 0.255. The summed E-state index contributed by atoms with van der Waals surface area (Å²) in [5, 5.41) is 0. The minimum Gasteiger partial charge on any atom is -0.726 e. The van der Waals surface area contributed by atoms with Crippen molar-refractivity contribution in [2.45, 2.75) is 110 Å². The Balaban J connectivity index is 0. The Hall–Kier alpha value is -0.170. The minimum atomic E-state index is -4.49. The van der Waals surface area contributed by atoms with Gasteiger partial charge < -0.3 is 10.7 Å². The van der Waals surface area contributed by atoms with Crippen molar-refractivity contribution in [2.24, 2.45) is 0 Å². The van der Waals surface area contributed by atoms with Crippen LogP contribution in [0.25, 0.3) is 0 Å². The van der Waals surface area contributed by atoms with Crippen molar-refractivity contribution < 1.29 is 17.2 Å². The summed E-state index contributed by atoms with van der Waals surface area (Å²) in [5.41, 5.74) is 0. The number of hydrogen-bond donors (Lipinski definition) is 1. The fourth-order valence-corrected chi connectivity index (χ4v) is 3.13. The van der Waals surface area contributed by atoms with Gasteiger partial charge in [-0.2, -0.15) is 0 Å². The molecule has 0 radical (unpaired) electrons. The van der Waals surface area contributed by atoms with Gasteiger partial charge in [0.05, 0.1) is 6.61 Å². The molecule has 0 atom stereocenters. The first-order chi connectivity index (χ1) is 11.1. The molecule has 0 aromatic carbocycles. The molecule has 0 saturated heterocycles. The molecule has 24 heavy (non-hydrogen) atoms. The van der Waals surface area contributed by atoms with E-state index in [1.165, 1.54) is 83.5 Å². The van der Waals surface area contributed by atoms with E-state index in [-0.39, 0.29) is 12.8 Å². The lowest BCUT2D eigenvalue weighted by Gasteiger charge is -2.07. The van der Waals surface area contributed by atoms with Gasteiger partial charge in [0.15, 0.2) is 0 Å². The maximum Gasteiger partial charge on any atom is 0.217 e. The fraction of sp³-hybridized carbons (Fsp3) is 1.00. The maximum absolute atomic E-state index is 10.2. The van der Waals surface area contributed by atoms with E-state index in [2.05, 4.69) is 11.1 Å². The number of quaternary nitrogens is 1. The zero-order chi connectivity index (χ0) is 17.2. The average molecular weight is 368 g/mol. The molecule has 0 amide bonds. The second-order valence-corrected chi connectivity index (χ2v) is 7.59. The average Bonchev–Trinajstić information content (AvgIpc) is 2.49. The van der Waals surface area contributed by atoms with Gasteiger partial charge in [-0.3, -0.25) is 4.18 Å². The highest BCUT2D eigenvalue weighted by Crippen LogP contribution is 2.13. The number of rotatable bonds is 18. The standard InChI is InChI=1S/C18H38O4S.H3N/c1-2-3-4-5-6-7-8-9-10-11-12-13-14-15-16-17-18-22-23(19,20)21;/h2-18H2,1H3,(H,19,20,21);1H3. The predicted octanol–water partition coefficient (Wildman–Crippen LogP) is 6.10. The summed E-state index contributed by atoms with van der Waals surface area (Å²) in [6.45, 7) is 2.29. The van der Waals surface area contributed by atoms with Crippen LogP contribution >= 0.6 is 0 Å². The lowest BCUT2D eigenvalue weighted by atomic mass is 10.0. The summed E-state index contributed by atoms with van der Waals surface area (Å²) in [4.78, 5) is 0. The zero-order valence-electron chi connectivity index (χ0n) is 16.1. The highest BCUT2D eigenvalue weighted by Gasteiger charge is 1.96. The van der Waals surface area contributed by atoms with E-state index in [9.17, 15) is 13.0 Å². The first-order valence-corrected chi connectivity index (χ1v) is 11.0. The van der Waals surface area contributed by atoms with E-state index in [0.29, 0.717) is 6.42 Å². The van der Waals surface area contributed by atoms with Crippen molar-refractivity contribution >= 4 is 10.4 Å². The highest BCUT2D eigenvalue weighted by atomic mass is 32.3. The molecule has 0 fully saturated rings. The van der Waals surface area contributed by atoms with E-state index < -0.39 is 10.4 Å². The van der Waals surface area contributed by atoms with Gasteiger partial charge in [0.2, 0.25) is 10.4 Å². The fourth-order valence-electron chi connectivity index (χ4n) is 2.81. The molecule has 4 N–H and O–H groups in total. The molecule has 0 bridgehead atoms. The van der Waals surface area contributed by atoms with Crippen LogP contribution in [-0.2, 0) is 14.6 Å². The van der Waals surface area contributed by atoms with Gasteiger partial charge in [0.25, 0.3) is 0 Å². The van der Waals surface area contributed by atoms with Crippen molar-refractivity contribution in [3.8, 4) is 0 Å². The van der Waals surface area contributed by atoms with E-state index in [1.54, 1.807) is 0 Å². The molecular weight excluding hydrogens is 326 g/mol. The third-order valence-electron chi connectivity index (χ3n) is 4.23. The second-order valence-electron chi connectivity index (χ2n) is 6.53. The van der Waals surface area contributed by atoms with Crippen LogP contribution in [0.3, 0.4) is 0 Å². The molecule has 0 saturated carbocycles. The quantitative estimate of drug-likeness (QED) is 0.179. The smallest absolute Gasteiger partial charge is 0.217 e. The van der Waals surface area contributed by atoms with Crippen LogP contribution in [0.2, 0.25) is 0 Å². The van der Waals surface area contributed by atoms with Gasteiger partial charge >= 0.3 is 0 Å². The molecule has 0 heterocycles. The molecule has 0 aliphatic heterocycles. The molecule has 6 heteroatoms. The Bertz CT molecular complexity index is 334. The summed E-state index contributed by atoms with van der Waals surface area (Å²) in [6.07, 6.45) is 20.3. The summed E-state index contributed by atoms with van der Waals surface area (Å²) < 4.78 is 34.8. The van der Waals surface area contributed by atoms with Crippen LogP contribution in [0.1, 0.15) is 110 Å². The van der Waals surface area contributed by atoms with Crippen LogP contribution in [0.15, 0.2) is 0 Å². The van der Waals surface area contributed by atoms with Gasteiger partial charge in [-0.25, -0.2) is 8.42 Å². The van der Waals surface area contributed by atoms with E-state index >= 15 is 0 Å². The van der Waals surface area contributed by atoms with E-state index in [0.717, 1.165) is 12.8 Å². The largest absolute Gasteiger partial charge is 0.726 e. The molecule has 0 aliphatic rings. The monoisotopic (exact) mass is 367 g/mol. The SMILES string of the molecule is CCCCCCCCCCCCCCCCCCOS(=O)(=O)[O-].[NH4+]. The number of unbranched alkanes of at least 4 members (excludes halogenated alkanes) is 15. The molecule has 5 nitrogen and oxygen atoms in total. The predicted molar refractivity (Wildman–Crippen MR) is 101 cm³/mol. The highest BCUT2D eigenvalue weighted by molar-refractivity contribution is 7.80. The second kappa shape index (κ2) is 19.2. The van der Waals surface area contributed by atoms with Gasteiger partial charge in [0, 0.05) is 0 Å². The van der Waals surface area contributed by atoms with Crippen molar-refractivity contribution in [1.29, 1.82) is 0 Å². The Morgan fingerprint density at radius 1 is 0.625 bits per heavy atom. The Kier molecular flexibility index (Phi) is 20.8. The summed E-state index contributed by atoms with van der Waals surface area (Å²) in [7, 11) is -4.49. The lowest BCUT2D eigenvalue weighted by Crippen LogP contribution is -2.05. The third kappa shape index (κ3) is 24.1. The molecule has 0 unspecified atom stereocenters. The van der Waals surface area contributed by atoms with Crippen molar-refractivity contribution in [1.82, 2.24) is 6.15 Å². The molecular formula is C18H41NO4S. The minimum absolute atomic E-state index is 0. The first-order valence-electron chi connectivity index (χ1n) is 9.66. The molecule has 0 spiro atoms. The van der Waals surface area contributed by atoms with Crippen LogP contribution in [0.4, 0.5) is 0 Å². The topological polar surface area (TPSA) is 103 Å². The van der Waals surface area contributed by atoms with Crippen LogP contribution in [-0.4, -0.2) is 19.6 Å². The third-order valence-corrected chi connectivity index (χ3v) is 4.68. The molecule has 0 rings (SSSR count). The summed E-state index contributed by atoms with van der Waals surface area (Å²) >= 11 is 0. The number of hydrogen-bond acceptors (Lipinski definition) is 4. The molecule has 0 aliphatic carbocycles.